The van der Waals surface area contributed by atoms with Crippen LogP contribution < -0.4 is 11.1 Å². The van der Waals surface area contributed by atoms with Crippen LogP contribution in [-0.4, -0.2) is 14.7 Å². The zero-order valence-electron chi connectivity index (χ0n) is 10.9. The van der Waals surface area contributed by atoms with Crippen LogP contribution in [0.25, 0.3) is 0 Å². The molecule has 0 bridgehead atoms. The minimum atomic E-state index is -3.32. The molecule has 3 N–H and O–H groups in total. The monoisotopic (exact) mass is 354 g/mol. The van der Waals surface area contributed by atoms with E-state index in [1.54, 1.807) is 12.1 Å². The maximum atomic E-state index is 11.6. The molecule has 2 aromatic rings. The SMILES string of the molecule is CS(=O)(=O)c1cccc(NCc2ccccc2Br)c1N. The van der Waals surface area contributed by atoms with Crippen molar-refractivity contribution in [1.82, 2.24) is 0 Å². The summed E-state index contributed by atoms with van der Waals surface area (Å²) in [6, 6.07) is 12.8. The Balaban J connectivity index is 2.25. The van der Waals surface area contributed by atoms with Crippen LogP contribution in [0.4, 0.5) is 11.4 Å². The normalized spacial score (nSPS) is 11.3. The second-order valence-electron chi connectivity index (χ2n) is 4.43. The third-order valence-corrected chi connectivity index (χ3v) is 4.82. The molecule has 20 heavy (non-hydrogen) atoms. The highest BCUT2D eigenvalue weighted by Crippen LogP contribution is 2.27. The zero-order chi connectivity index (χ0) is 14.8. The topological polar surface area (TPSA) is 72.2 Å². The molecular weight excluding hydrogens is 340 g/mol. The fraction of sp³-hybridized carbons (Fsp3) is 0.143. The second-order valence-corrected chi connectivity index (χ2v) is 7.27. The van der Waals surface area contributed by atoms with Gasteiger partial charge >= 0.3 is 0 Å². The Kier molecular flexibility index (Phi) is 4.35. The molecule has 2 aromatic carbocycles. The first-order valence-corrected chi connectivity index (χ1v) is 8.64. The third-order valence-electron chi connectivity index (χ3n) is 2.89. The summed E-state index contributed by atoms with van der Waals surface area (Å²) in [4.78, 5) is 0.148. The molecule has 106 valence electrons. The van der Waals surface area contributed by atoms with Gasteiger partial charge in [0.15, 0.2) is 9.84 Å². The fourth-order valence-electron chi connectivity index (χ4n) is 1.85. The first-order chi connectivity index (χ1) is 9.39. The molecule has 0 aliphatic heterocycles. The molecule has 0 fully saturated rings. The lowest BCUT2D eigenvalue weighted by molar-refractivity contribution is 0.602. The van der Waals surface area contributed by atoms with Crippen molar-refractivity contribution in [2.24, 2.45) is 0 Å². The van der Waals surface area contributed by atoms with Crippen LogP contribution in [0.15, 0.2) is 51.8 Å². The molecule has 0 aliphatic carbocycles. The van der Waals surface area contributed by atoms with Crippen LogP contribution in [0.5, 0.6) is 0 Å². The highest BCUT2D eigenvalue weighted by molar-refractivity contribution is 9.10. The minimum Gasteiger partial charge on any atom is -0.396 e. The molecule has 2 rings (SSSR count). The van der Waals surface area contributed by atoms with Gasteiger partial charge in [-0.25, -0.2) is 8.42 Å². The van der Waals surface area contributed by atoms with E-state index in [1.165, 1.54) is 6.07 Å². The highest BCUT2D eigenvalue weighted by Gasteiger charge is 2.13. The number of benzene rings is 2. The number of nitrogens with one attached hydrogen (secondary N) is 1. The van der Waals surface area contributed by atoms with Gasteiger partial charge < -0.3 is 11.1 Å². The summed E-state index contributed by atoms with van der Waals surface area (Å²) in [5.74, 6) is 0. The second kappa shape index (κ2) is 5.85. The standard InChI is InChI=1S/C14H15BrN2O2S/c1-20(18,19)13-8-4-7-12(14(13)16)17-9-10-5-2-3-6-11(10)15/h2-8,17H,9,16H2,1H3. The highest BCUT2D eigenvalue weighted by atomic mass is 79.9. The van der Waals surface area contributed by atoms with E-state index in [0.29, 0.717) is 12.2 Å². The van der Waals surface area contributed by atoms with Gasteiger partial charge in [0.2, 0.25) is 0 Å². The number of nitrogens with two attached hydrogens (primary N) is 1. The van der Waals surface area contributed by atoms with E-state index in [4.69, 9.17) is 5.73 Å². The summed E-state index contributed by atoms with van der Waals surface area (Å²) >= 11 is 3.47. The van der Waals surface area contributed by atoms with E-state index < -0.39 is 9.84 Å². The average Bonchev–Trinajstić information content (AvgIpc) is 2.38. The van der Waals surface area contributed by atoms with Gasteiger partial charge in [0.05, 0.1) is 16.3 Å². The van der Waals surface area contributed by atoms with Gasteiger partial charge in [0.1, 0.15) is 0 Å². The summed E-state index contributed by atoms with van der Waals surface area (Å²) in [5.41, 5.74) is 7.85. The van der Waals surface area contributed by atoms with Gasteiger partial charge in [-0.1, -0.05) is 40.2 Å². The molecule has 0 unspecified atom stereocenters. The van der Waals surface area contributed by atoms with Crippen LogP contribution in [0, 0.1) is 0 Å². The smallest absolute Gasteiger partial charge is 0.177 e. The van der Waals surface area contributed by atoms with Gasteiger partial charge in [-0.15, -0.1) is 0 Å². The number of anilines is 2. The Morgan fingerprint density at radius 1 is 1.15 bits per heavy atom. The molecule has 6 heteroatoms. The van der Waals surface area contributed by atoms with Gasteiger partial charge in [-0.2, -0.15) is 0 Å². The molecule has 0 saturated carbocycles. The minimum absolute atomic E-state index is 0.148. The predicted octanol–water partition coefficient (Wildman–Crippen LogP) is 3.05. The van der Waals surface area contributed by atoms with E-state index in [0.717, 1.165) is 16.3 Å². The molecule has 4 nitrogen and oxygen atoms in total. The Morgan fingerprint density at radius 2 is 1.85 bits per heavy atom. The largest absolute Gasteiger partial charge is 0.396 e. The van der Waals surface area contributed by atoms with Gasteiger partial charge in [0, 0.05) is 17.3 Å². The van der Waals surface area contributed by atoms with Crippen LogP contribution in [-0.2, 0) is 16.4 Å². The van der Waals surface area contributed by atoms with Gasteiger partial charge in [0.25, 0.3) is 0 Å². The van der Waals surface area contributed by atoms with Gasteiger partial charge in [-0.05, 0) is 23.8 Å². The van der Waals surface area contributed by atoms with Crippen LogP contribution >= 0.6 is 15.9 Å². The van der Waals surface area contributed by atoms with E-state index in [9.17, 15) is 8.42 Å². The number of halogens is 1. The Morgan fingerprint density at radius 3 is 2.50 bits per heavy atom. The van der Waals surface area contributed by atoms with Crippen molar-refractivity contribution in [1.29, 1.82) is 0 Å². The molecular formula is C14H15BrN2O2S. The maximum Gasteiger partial charge on any atom is 0.177 e. The van der Waals surface area contributed by atoms with Gasteiger partial charge in [-0.3, -0.25) is 0 Å². The van der Waals surface area contributed by atoms with Crippen LogP contribution in [0.2, 0.25) is 0 Å². The molecule has 0 radical (unpaired) electrons. The zero-order valence-corrected chi connectivity index (χ0v) is 13.3. The number of nitrogen functional groups attached to an aromatic ring is 1. The Hall–Kier alpha value is -1.53. The lowest BCUT2D eigenvalue weighted by Gasteiger charge is -2.12. The van der Waals surface area contributed by atoms with Crippen molar-refractivity contribution in [3.8, 4) is 0 Å². The summed E-state index contributed by atoms with van der Waals surface area (Å²) in [7, 11) is -3.32. The van der Waals surface area contributed by atoms with E-state index >= 15 is 0 Å². The maximum absolute atomic E-state index is 11.6. The lowest BCUT2D eigenvalue weighted by atomic mass is 10.2. The summed E-state index contributed by atoms with van der Waals surface area (Å²) in [6.45, 7) is 0.554. The van der Waals surface area contributed by atoms with E-state index in [2.05, 4.69) is 21.2 Å². The van der Waals surface area contributed by atoms with Crippen LogP contribution in [0.1, 0.15) is 5.56 Å². The third kappa shape index (κ3) is 3.32. The first kappa shape index (κ1) is 14.9. The number of para-hydroxylation sites is 1. The predicted molar refractivity (Wildman–Crippen MR) is 85.4 cm³/mol. The van der Waals surface area contributed by atoms with Crippen molar-refractivity contribution >= 4 is 37.1 Å². The number of sulfone groups is 1. The molecule has 0 atom stereocenters. The van der Waals surface area contributed by atoms with Crippen molar-refractivity contribution in [3.63, 3.8) is 0 Å². The van der Waals surface area contributed by atoms with Crippen molar-refractivity contribution in [2.45, 2.75) is 11.4 Å². The van der Waals surface area contributed by atoms with Crippen molar-refractivity contribution in [3.05, 3.63) is 52.5 Å². The number of hydrogen-bond donors (Lipinski definition) is 2. The summed E-state index contributed by atoms with van der Waals surface area (Å²) in [6.07, 6.45) is 1.15. The average molecular weight is 355 g/mol. The fourth-order valence-corrected chi connectivity index (χ4v) is 3.11. The molecule has 0 amide bonds. The first-order valence-electron chi connectivity index (χ1n) is 5.95. The van der Waals surface area contributed by atoms with E-state index in [-0.39, 0.29) is 10.6 Å². The van der Waals surface area contributed by atoms with E-state index in [1.807, 2.05) is 24.3 Å². The molecule has 0 aliphatic rings. The van der Waals surface area contributed by atoms with Crippen LogP contribution in [0.3, 0.4) is 0 Å². The quantitative estimate of drug-likeness (QED) is 0.827. The Bertz CT molecular complexity index is 730. The summed E-state index contributed by atoms with van der Waals surface area (Å²) < 4.78 is 24.2. The Labute approximate surface area is 127 Å². The summed E-state index contributed by atoms with van der Waals surface area (Å²) in [5, 5.41) is 3.16. The van der Waals surface area contributed by atoms with Crippen molar-refractivity contribution < 1.29 is 8.42 Å². The molecule has 0 aromatic heterocycles. The number of rotatable bonds is 4. The molecule has 0 heterocycles. The lowest BCUT2D eigenvalue weighted by Crippen LogP contribution is -2.07. The number of hydrogen-bond acceptors (Lipinski definition) is 4. The van der Waals surface area contributed by atoms with Crippen molar-refractivity contribution in [2.75, 3.05) is 17.3 Å². The molecule has 0 saturated heterocycles. The molecule has 0 spiro atoms.